The number of fused-ring (bicyclic) bond motifs is 1. The number of carbonyl (C=O) groups is 2. The molecule has 2 aromatic carbocycles. The van der Waals surface area contributed by atoms with Crippen LogP contribution in [0.15, 0.2) is 59.5 Å². The Morgan fingerprint density at radius 1 is 1.07 bits per heavy atom. The fourth-order valence-corrected chi connectivity index (χ4v) is 2.90. The summed E-state index contributed by atoms with van der Waals surface area (Å²) in [6, 6.07) is 13.4. The summed E-state index contributed by atoms with van der Waals surface area (Å²) < 4.78 is 11.6. The molecule has 1 N–H and O–H groups in total. The van der Waals surface area contributed by atoms with Gasteiger partial charge < -0.3 is 19.4 Å². The zero-order chi connectivity index (χ0) is 21.0. The number of esters is 1. The number of nitrogens with zero attached hydrogens (tertiary/aromatic N) is 1. The quantitative estimate of drug-likeness (QED) is 0.649. The van der Waals surface area contributed by atoms with Gasteiger partial charge in [0.2, 0.25) is 5.91 Å². The molecule has 0 saturated carbocycles. The van der Waals surface area contributed by atoms with E-state index in [-0.39, 0.29) is 24.1 Å². The Kier molecular flexibility index (Phi) is 5.97. The first-order valence-corrected chi connectivity index (χ1v) is 9.15. The maximum absolute atomic E-state index is 12.7. The first-order chi connectivity index (χ1) is 13.9. The predicted molar refractivity (Wildman–Crippen MR) is 110 cm³/mol. The monoisotopic (exact) mass is 394 g/mol. The lowest BCUT2D eigenvalue weighted by Gasteiger charge is -2.11. The van der Waals surface area contributed by atoms with Crippen molar-refractivity contribution in [3.63, 3.8) is 0 Å². The number of rotatable bonds is 6. The summed E-state index contributed by atoms with van der Waals surface area (Å²) in [5.74, 6) is -0.109. The molecule has 150 valence electrons. The zero-order valence-corrected chi connectivity index (χ0v) is 16.5. The van der Waals surface area contributed by atoms with Gasteiger partial charge in [-0.3, -0.25) is 9.59 Å². The van der Waals surface area contributed by atoms with Crippen LogP contribution in [0.3, 0.4) is 0 Å². The molecule has 3 aromatic rings. The van der Waals surface area contributed by atoms with Crippen molar-refractivity contribution in [2.24, 2.45) is 0 Å². The van der Waals surface area contributed by atoms with Crippen LogP contribution in [0, 0.1) is 0 Å². The average molecular weight is 394 g/mol. The number of anilines is 1. The highest BCUT2D eigenvalue weighted by Crippen LogP contribution is 2.19. The van der Waals surface area contributed by atoms with Crippen LogP contribution in [0.1, 0.15) is 24.2 Å². The Labute approximate surface area is 167 Å². The lowest BCUT2D eigenvalue weighted by molar-refractivity contribution is -0.116. The van der Waals surface area contributed by atoms with E-state index in [1.807, 2.05) is 19.9 Å². The molecule has 0 aliphatic heterocycles. The molecule has 0 bridgehead atoms. The Morgan fingerprint density at radius 3 is 2.45 bits per heavy atom. The first-order valence-electron chi connectivity index (χ1n) is 9.15. The number of carbonyl (C=O) groups excluding carboxylic acids is 2. The number of amides is 1. The van der Waals surface area contributed by atoms with Gasteiger partial charge in [0, 0.05) is 17.3 Å². The van der Waals surface area contributed by atoms with E-state index in [4.69, 9.17) is 4.74 Å². The summed E-state index contributed by atoms with van der Waals surface area (Å²) in [6.45, 7) is 3.74. The molecule has 7 nitrogen and oxygen atoms in total. The summed E-state index contributed by atoms with van der Waals surface area (Å²) in [7, 11) is 1.30. The number of aromatic nitrogens is 1. The van der Waals surface area contributed by atoms with E-state index in [9.17, 15) is 14.4 Å². The van der Waals surface area contributed by atoms with Crippen LogP contribution in [-0.2, 0) is 16.1 Å². The van der Waals surface area contributed by atoms with Crippen LogP contribution in [-0.4, -0.2) is 29.7 Å². The second-order valence-corrected chi connectivity index (χ2v) is 6.78. The van der Waals surface area contributed by atoms with E-state index in [0.717, 1.165) is 5.39 Å². The number of benzene rings is 2. The van der Waals surface area contributed by atoms with Gasteiger partial charge in [-0.1, -0.05) is 0 Å². The van der Waals surface area contributed by atoms with Crippen molar-refractivity contribution in [2.45, 2.75) is 26.5 Å². The SMILES string of the molecule is COC(=O)c1ccc(NC(=O)Cn2ccc3cc(OC(C)C)ccc3c2=O)cc1. The van der Waals surface area contributed by atoms with Gasteiger partial charge in [0.25, 0.3) is 5.56 Å². The molecule has 0 aliphatic carbocycles. The van der Waals surface area contributed by atoms with Crippen LogP contribution >= 0.6 is 0 Å². The molecule has 3 rings (SSSR count). The van der Waals surface area contributed by atoms with Gasteiger partial charge in [0.15, 0.2) is 0 Å². The van der Waals surface area contributed by atoms with Crippen molar-refractivity contribution in [3.05, 3.63) is 70.6 Å². The second kappa shape index (κ2) is 8.60. The molecule has 0 fully saturated rings. The molecule has 0 atom stereocenters. The first kappa shape index (κ1) is 20.1. The summed E-state index contributed by atoms with van der Waals surface area (Å²) in [5.41, 5.74) is 0.652. The van der Waals surface area contributed by atoms with Gasteiger partial charge in [-0.05, 0) is 67.8 Å². The highest BCUT2D eigenvalue weighted by Gasteiger charge is 2.10. The Balaban J connectivity index is 1.73. The molecule has 0 unspecified atom stereocenters. The van der Waals surface area contributed by atoms with E-state index in [1.165, 1.54) is 11.7 Å². The second-order valence-electron chi connectivity index (χ2n) is 6.78. The minimum atomic E-state index is -0.451. The standard InChI is InChI=1S/C22H22N2O5/c1-14(2)29-18-8-9-19-16(12-18)10-11-24(21(19)26)13-20(25)23-17-6-4-15(5-7-17)22(27)28-3/h4-12,14H,13H2,1-3H3,(H,23,25). The van der Waals surface area contributed by atoms with Crippen molar-refractivity contribution in [2.75, 3.05) is 12.4 Å². The third kappa shape index (κ3) is 4.82. The largest absolute Gasteiger partial charge is 0.491 e. The number of nitrogens with one attached hydrogen (secondary N) is 1. The van der Waals surface area contributed by atoms with Crippen LogP contribution < -0.4 is 15.6 Å². The van der Waals surface area contributed by atoms with Gasteiger partial charge in [0.1, 0.15) is 12.3 Å². The van der Waals surface area contributed by atoms with Gasteiger partial charge in [-0.15, -0.1) is 0 Å². The summed E-state index contributed by atoms with van der Waals surface area (Å²) in [5, 5.41) is 3.98. The van der Waals surface area contributed by atoms with Crippen molar-refractivity contribution < 1.29 is 19.1 Å². The lowest BCUT2D eigenvalue weighted by Crippen LogP contribution is -2.27. The highest BCUT2D eigenvalue weighted by molar-refractivity contribution is 5.93. The minimum absolute atomic E-state index is 0.0400. The third-order valence-electron chi connectivity index (χ3n) is 4.22. The van der Waals surface area contributed by atoms with Crippen LogP contribution in [0.5, 0.6) is 5.75 Å². The number of ether oxygens (including phenoxy) is 2. The maximum Gasteiger partial charge on any atom is 0.337 e. The minimum Gasteiger partial charge on any atom is -0.491 e. The van der Waals surface area contributed by atoms with Crippen molar-refractivity contribution >= 4 is 28.3 Å². The molecule has 0 saturated heterocycles. The van der Waals surface area contributed by atoms with E-state index in [0.29, 0.717) is 22.4 Å². The zero-order valence-electron chi connectivity index (χ0n) is 16.5. The fourth-order valence-electron chi connectivity index (χ4n) is 2.90. The molecule has 1 heterocycles. The van der Waals surface area contributed by atoms with Gasteiger partial charge in [-0.2, -0.15) is 0 Å². The molecular weight excluding hydrogens is 372 g/mol. The smallest absolute Gasteiger partial charge is 0.337 e. The molecule has 0 radical (unpaired) electrons. The molecule has 0 aliphatic rings. The van der Waals surface area contributed by atoms with E-state index < -0.39 is 5.97 Å². The van der Waals surface area contributed by atoms with Crippen LogP contribution in [0.4, 0.5) is 5.69 Å². The Hall–Kier alpha value is -3.61. The maximum atomic E-state index is 12.7. The van der Waals surface area contributed by atoms with E-state index in [1.54, 1.807) is 48.7 Å². The average Bonchev–Trinajstić information content (AvgIpc) is 2.69. The summed E-state index contributed by atoms with van der Waals surface area (Å²) in [6.07, 6.45) is 1.63. The van der Waals surface area contributed by atoms with Crippen LogP contribution in [0.25, 0.3) is 10.8 Å². The Morgan fingerprint density at radius 2 is 1.79 bits per heavy atom. The summed E-state index contributed by atoms with van der Waals surface area (Å²) >= 11 is 0. The normalized spacial score (nSPS) is 10.8. The summed E-state index contributed by atoms with van der Waals surface area (Å²) in [4.78, 5) is 36.5. The highest BCUT2D eigenvalue weighted by atomic mass is 16.5. The number of pyridine rings is 1. The Bertz CT molecular complexity index is 1100. The van der Waals surface area contributed by atoms with Crippen molar-refractivity contribution in [1.82, 2.24) is 4.57 Å². The topological polar surface area (TPSA) is 86.6 Å². The number of hydrogen-bond acceptors (Lipinski definition) is 5. The van der Waals surface area contributed by atoms with Gasteiger partial charge >= 0.3 is 5.97 Å². The van der Waals surface area contributed by atoms with Crippen molar-refractivity contribution in [1.29, 1.82) is 0 Å². The van der Waals surface area contributed by atoms with E-state index >= 15 is 0 Å². The predicted octanol–water partition coefficient (Wildman–Crippen LogP) is 3.21. The van der Waals surface area contributed by atoms with Crippen molar-refractivity contribution in [3.8, 4) is 5.75 Å². The van der Waals surface area contributed by atoms with Crippen LogP contribution in [0.2, 0.25) is 0 Å². The molecular formula is C22H22N2O5. The van der Waals surface area contributed by atoms with Gasteiger partial charge in [0.05, 0.1) is 18.8 Å². The third-order valence-corrected chi connectivity index (χ3v) is 4.22. The van der Waals surface area contributed by atoms with E-state index in [2.05, 4.69) is 10.1 Å². The molecule has 7 heteroatoms. The number of hydrogen-bond donors (Lipinski definition) is 1. The molecule has 29 heavy (non-hydrogen) atoms. The van der Waals surface area contributed by atoms with Gasteiger partial charge in [-0.25, -0.2) is 4.79 Å². The molecule has 0 spiro atoms. The lowest BCUT2D eigenvalue weighted by atomic mass is 10.1. The molecule has 1 aromatic heterocycles. The molecule has 1 amide bonds. The number of methoxy groups -OCH3 is 1. The fraction of sp³-hybridized carbons (Fsp3) is 0.227.